The quantitative estimate of drug-likeness (QED) is 0.637. The lowest BCUT2D eigenvalue weighted by Gasteiger charge is -2.05. The molecule has 0 N–H and O–H groups in total. The molecule has 108 valence electrons. The molecule has 2 aromatic rings. The van der Waals surface area contributed by atoms with E-state index < -0.39 is 0 Å². The number of hydrogen-bond donors (Lipinski definition) is 0. The van der Waals surface area contributed by atoms with Crippen molar-refractivity contribution in [3.8, 4) is 11.3 Å². The lowest BCUT2D eigenvalue weighted by molar-refractivity contribution is -0.137. The van der Waals surface area contributed by atoms with Crippen LogP contribution >= 0.6 is 0 Å². The molecule has 0 saturated carbocycles. The van der Waals surface area contributed by atoms with Gasteiger partial charge in [-0.25, -0.2) is 9.78 Å². The molecule has 0 atom stereocenters. The molecule has 1 aromatic heterocycles. The number of carbonyl (C=O) groups excluding carboxylic acids is 1. The number of ether oxygens (including phenoxy) is 1. The fourth-order valence-electron chi connectivity index (χ4n) is 2.07. The van der Waals surface area contributed by atoms with E-state index in [2.05, 4.69) is 42.0 Å². The van der Waals surface area contributed by atoms with E-state index in [-0.39, 0.29) is 5.97 Å². The van der Waals surface area contributed by atoms with Crippen LogP contribution in [-0.2, 0) is 9.53 Å². The molecule has 0 aliphatic heterocycles. The normalized spacial score (nSPS) is 10.8. The molecule has 4 nitrogen and oxygen atoms in total. The first-order valence-electron chi connectivity index (χ1n) is 6.84. The predicted octanol–water partition coefficient (Wildman–Crippen LogP) is 3.34. The number of hydrogen-bond acceptors (Lipinski definition) is 4. The summed E-state index contributed by atoms with van der Waals surface area (Å²) in [6.45, 7) is 6.23. The van der Waals surface area contributed by atoms with Gasteiger partial charge in [-0.15, -0.1) is 0 Å². The van der Waals surface area contributed by atoms with Crippen molar-refractivity contribution in [1.29, 1.82) is 0 Å². The van der Waals surface area contributed by atoms with Gasteiger partial charge in [0.2, 0.25) is 0 Å². The van der Waals surface area contributed by atoms with Crippen molar-refractivity contribution in [3.05, 3.63) is 53.5 Å². The maximum absolute atomic E-state index is 11.3. The molecule has 0 fully saturated rings. The lowest BCUT2D eigenvalue weighted by Crippen LogP contribution is -1.99. The van der Waals surface area contributed by atoms with E-state index >= 15 is 0 Å². The molecule has 1 heterocycles. The highest BCUT2D eigenvalue weighted by Gasteiger charge is 2.03. The Balaban J connectivity index is 2.27. The van der Waals surface area contributed by atoms with Crippen LogP contribution in [0.25, 0.3) is 17.3 Å². The molecular weight excluding hydrogens is 264 g/mol. The van der Waals surface area contributed by atoms with Crippen LogP contribution in [0.4, 0.5) is 0 Å². The summed E-state index contributed by atoms with van der Waals surface area (Å²) in [7, 11) is 0. The standard InChI is InChI=1S/C17H18N2O2/c1-4-21-17(20)6-5-15-10-18-11-16(19-15)14-8-12(2)7-13(3)9-14/h5-11H,4H2,1-3H3/b6-5+. The third-order valence-electron chi connectivity index (χ3n) is 2.85. The van der Waals surface area contributed by atoms with Gasteiger partial charge in [-0.05, 0) is 39.0 Å². The van der Waals surface area contributed by atoms with E-state index in [1.807, 2.05) is 0 Å². The Morgan fingerprint density at radius 3 is 2.57 bits per heavy atom. The molecule has 1 aromatic carbocycles. The first kappa shape index (κ1) is 14.9. The summed E-state index contributed by atoms with van der Waals surface area (Å²) in [4.78, 5) is 20.0. The maximum atomic E-state index is 11.3. The van der Waals surface area contributed by atoms with E-state index in [1.54, 1.807) is 25.4 Å². The van der Waals surface area contributed by atoms with Gasteiger partial charge in [-0.2, -0.15) is 0 Å². The Bertz CT molecular complexity index is 658. The second-order valence-electron chi connectivity index (χ2n) is 4.79. The number of carbonyl (C=O) groups is 1. The van der Waals surface area contributed by atoms with Crippen molar-refractivity contribution in [2.24, 2.45) is 0 Å². The van der Waals surface area contributed by atoms with Gasteiger partial charge in [-0.3, -0.25) is 4.98 Å². The Labute approximate surface area is 124 Å². The molecule has 21 heavy (non-hydrogen) atoms. The second kappa shape index (κ2) is 6.79. The Hall–Kier alpha value is -2.49. The van der Waals surface area contributed by atoms with Gasteiger partial charge in [-0.1, -0.05) is 17.2 Å². The zero-order chi connectivity index (χ0) is 15.2. The Morgan fingerprint density at radius 2 is 1.90 bits per heavy atom. The van der Waals surface area contributed by atoms with Crippen LogP contribution in [0.15, 0.2) is 36.7 Å². The van der Waals surface area contributed by atoms with Crippen molar-refractivity contribution < 1.29 is 9.53 Å². The highest BCUT2D eigenvalue weighted by atomic mass is 16.5. The third-order valence-corrected chi connectivity index (χ3v) is 2.85. The molecule has 0 saturated heterocycles. The lowest BCUT2D eigenvalue weighted by atomic mass is 10.1. The first-order chi connectivity index (χ1) is 10.1. The zero-order valence-corrected chi connectivity index (χ0v) is 12.5. The average molecular weight is 282 g/mol. The van der Waals surface area contributed by atoms with Crippen LogP contribution in [0, 0.1) is 13.8 Å². The van der Waals surface area contributed by atoms with E-state index in [0.29, 0.717) is 12.3 Å². The predicted molar refractivity (Wildman–Crippen MR) is 82.6 cm³/mol. The Morgan fingerprint density at radius 1 is 1.19 bits per heavy atom. The number of nitrogens with zero attached hydrogens (tertiary/aromatic N) is 2. The minimum atomic E-state index is -0.379. The molecule has 4 heteroatoms. The van der Waals surface area contributed by atoms with Crippen molar-refractivity contribution in [2.75, 3.05) is 6.61 Å². The van der Waals surface area contributed by atoms with E-state index in [0.717, 1.165) is 11.3 Å². The Kier molecular flexibility index (Phi) is 4.82. The van der Waals surface area contributed by atoms with E-state index in [9.17, 15) is 4.79 Å². The molecule has 2 rings (SSSR count). The summed E-state index contributed by atoms with van der Waals surface area (Å²) in [5, 5.41) is 0. The molecule has 0 aliphatic carbocycles. The summed E-state index contributed by atoms with van der Waals surface area (Å²) in [6, 6.07) is 6.24. The SMILES string of the molecule is CCOC(=O)/C=C/c1cncc(-c2cc(C)cc(C)c2)n1. The minimum Gasteiger partial charge on any atom is -0.463 e. The van der Waals surface area contributed by atoms with Gasteiger partial charge < -0.3 is 4.74 Å². The van der Waals surface area contributed by atoms with Crippen molar-refractivity contribution in [3.63, 3.8) is 0 Å². The largest absolute Gasteiger partial charge is 0.463 e. The number of rotatable bonds is 4. The van der Waals surface area contributed by atoms with Gasteiger partial charge in [0.25, 0.3) is 0 Å². The van der Waals surface area contributed by atoms with Gasteiger partial charge in [0.15, 0.2) is 0 Å². The van der Waals surface area contributed by atoms with Crippen LogP contribution in [-0.4, -0.2) is 22.5 Å². The molecule has 0 bridgehead atoms. The molecule has 0 amide bonds. The number of aryl methyl sites for hydroxylation is 2. The molecule has 0 aliphatic rings. The van der Waals surface area contributed by atoms with E-state index in [4.69, 9.17) is 4.74 Å². The van der Waals surface area contributed by atoms with Crippen molar-refractivity contribution in [1.82, 2.24) is 9.97 Å². The topological polar surface area (TPSA) is 52.1 Å². The molecule has 0 spiro atoms. The molecular formula is C17H18N2O2. The van der Waals surface area contributed by atoms with Crippen molar-refractivity contribution in [2.45, 2.75) is 20.8 Å². The third kappa shape index (κ3) is 4.24. The first-order valence-corrected chi connectivity index (χ1v) is 6.84. The number of esters is 1. The summed E-state index contributed by atoms with van der Waals surface area (Å²) in [5.74, 6) is -0.379. The number of aromatic nitrogens is 2. The monoisotopic (exact) mass is 282 g/mol. The summed E-state index contributed by atoms with van der Waals surface area (Å²) < 4.78 is 4.84. The fourth-order valence-corrected chi connectivity index (χ4v) is 2.07. The fraction of sp³-hybridized carbons (Fsp3) is 0.235. The van der Waals surface area contributed by atoms with Crippen LogP contribution in [0.2, 0.25) is 0 Å². The summed E-state index contributed by atoms with van der Waals surface area (Å²) in [5.41, 5.74) is 4.79. The smallest absolute Gasteiger partial charge is 0.330 e. The summed E-state index contributed by atoms with van der Waals surface area (Å²) >= 11 is 0. The molecule has 0 radical (unpaired) electrons. The maximum Gasteiger partial charge on any atom is 0.330 e. The van der Waals surface area contributed by atoms with Gasteiger partial charge in [0, 0.05) is 11.6 Å². The summed E-state index contributed by atoms with van der Waals surface area (Å²) in [6.07, 6.45) is 6.30. The van der Waals surface area contributed by atoms with E-state index in [1.165, 1.54) is 17.2 Å². The molecule has 0 unspecified atom stereocenters. The zero-order valence-electron chi connectivity index (χ0n) is 12.5. The second-order valence-corrected chi connectivity index (χ2v) is 4.79. The number of benzene rings is 1. The van der Waals surface area contributed by atoms with Gasteiger partial charge >= 0.3 is 5.97 Å². The van der Waals surface area contributed by atoms with Crippen LogP contribution < -0.4 is 0 Å². The van der Waals surface area contributed by atoms with Gasteiger partial charge in [0.1, 0.15) is 0 Å². The van der Waals surface area contributed by atoms with Crippen LogP contribution in [0.5, 0.6) is 0 Å². The van der Waals surface area contributed by atoms with Crippen LogP contribution in [0.3, 0.4) is 0 Å². The highest BCUT2D eigenvalue weighted by Crippen LogP contribution is 2.20. The van der Waals surface area contributed by atoms with Crippen molar-refractivity contribution >= 4 is 12.0 Å². The highest BCUT2D eigenvalue weighted by molar-refractivity contribution is 5.86. The minimum absolute atomic E-state index is 0.359. The van der Waals surface area contributed by atoms with Gasteiger partial charge in [0.05, 0.1) is 30.4 Å². The average Bonchev–Trinajstić information content (AvgIpc) is 2.45. The van der Waals surface area contributed by atoms with Crippen LogP contribution in [0.1, 0.15) is 23.7 Å².